The van der Waals surface area contributed by atoms with E-state index in [0.717, 1.165) is 48.0 Å². The van der Waals surface area contributed by atoms with Crippen molar-refractivity contribution in [2.45, 2.75) is 51.8 Å². The van der Waals surface area contributed by atoms with E-state index in [1.807, 2.05) is 24.3 Å². The second kappa shape index (κ2) is 7.39. The zero-order chi connectivity index (χ0) is 18.9. The Morgan fingerprint density at radius 2 is 2.21 bits per heavy atom. The number of nitrogens with zero attached hydrogens (tertiary/aromatic N) is 3. The molecule has 2 aromatic heterocycles. The minimum absolute atomic E-state index is 0.0164. The predicted octanol–water partition coefficient (Wildman–Crippen LogP) is 2.49. The van der Waals surface area contributed by atoms with E-state index < -0.39 is 0 Å². The SMILES string of the molecule is O=C(CCc1nn(CC2CC2)c2c1COCC2)NCc1nc2ccccc2[nH]1. The average Bonchev–Trinajstić information content (AvgIpc) is 3.33. The summed E-state index contributed by atoms with van der Waals surface area (Å²) in [5, 5.41) is 7.79. The normalized spacial score (nSPS) is 16.3. The number of carbonyl (C=O) groups excluding carboxylic acids is 1. The van der Waals surface area contributed by atoms with Gasteiger partial charge in [0.05, 0.1) is 36.5 Å². The third-order valence-corrected chi connectivity index (χ3v) is 5.59. The van der Waals surface area contributed by atoms with Crippen LogP contribution in [0.5, 0.6) is 0 Å². The molecule has 3 heterocycles. The van der Waals surface area contributed by atoms with Gasteiger partial charge in [0.25, 0.3) is 0 Å². The van der Waals surface area contributed by atoms with E-state index in [-0.39, 0.29) is 5.91 Å². The highest BCUT2D eigenvalue weighted by atomic mass is 16.5. The number of aromatic amines is 1. The molecule has 0 spiro atoms. The van der Waals surface area contributed by atoms with Crippen molar-refractivity contribution in [3.63, 3.8) is 0 Å². The molecule has 1 aromatic carbocycles. The number of nitrogens with one attached hydrogen (secondary N) is 2. The van der Waals surface area contributed by atoms with Crippen LogP contribution in [0.2, 0.25) is 0 Å². The third kappa shape index (κ3) is 3.67. The Hall–Kier alpha value is -2.67. The summed E-state index contributed by atoms with van der Waals surface area (Å²) < 4.78 is 7.82. The van der Waals surface area contributed by atoms with Gasteiger partial charge in [-0.3, -0.25) is 9.48 Å². The van der Waals surface area contributed by atoms with E-state index in [0.29, 0.717) is 26.0 Å². The number of para-hydroxylation sites is 2. The summed E-state index contributed by atoms with van der Waals surface area (Å²) in [6, 6.07) is 7.87. The first-order valence-electron chi connectivity index (χ1n) is 10.1. The van der Waals surface area contributed by atoms with E-state index >= 15 is 0 Å². The molecular formula is C21H25N5O2. The molecule has 0 saturated heterocycles. The van der Waals surface area contributed by atoms with Gasteiger partial charge in [-0.25, -0.2) is 4.98 Å². The van der Waals surface area contributed by atoms with Crippen molar-refractivity contribution in [1.29, 1.82) is 0 Å². The lowest BCUT2D eigenvalue weighted by Gasteiger charge is -2.15. The molecule has 1 fully saturated rings. The number of aromatic nitrogens is 4. The van der Waals surface area contributed by atoms with Crippen molar-refractivity contribution in [1.82, 2.24) is 25.1 Å². The van der Waals surface area contributed by atoms with Gasteiger partial charge in [0.1, 0.15) is 5.82 Å². The first-order valence-corrected chi connectivity index (χ1v) is 10.1. The lowest BCUT2D eigenvalue weighted by molar-refractivity contribution is -0.121. The van der Waals surface area contributed by atoms with Gasteiger partial charge >= 0.3 is 0 Å². The summed E-state index contributed by atoms with van der Waals surface area (Å²) in [6.07, 6.45) is 4.62. The molecule has 1 amide bonds. The maximum Gasteiger partial charge on any atom is 0.220 e. The number of imidazole rings is 1. The quantitative estimate of drug-likeness (QED) is 0.661. The monoisotopic (exact) mass is 379 g/mol. The number of aryl methyl sites for hydroxylation is 1. The Labute approximate surface area is 163 Å². The second-order valence-electron chi connectivity index (χ2n) is 7.78. The molecule has 1 saturated carbocycles. The van der Waals surface area contributed by atoms with Crippen LogP contribution < -0.4 is 5.32 Å². The van der Waals surface area contributed by atoms with E-state index in [2.05, 4.69) is 20.0 Å². The van der Waals surface area contributed by atoms with Gasteiger partial charge in [-0.2, -0.15) is 5.10 Å². The minimum atomic E-state index is 0.0164. The van der Waals surface area contributed by atoms with Gasteiger partial charge in [-0.05, 0) is 30.9 Å². The third-order valence-electron chi connectivity index (χ3n) is 5.59. The molecule has 0 atom stereocenters. The van der Waals surface area contributed by atoms with Gasteiger partial charge in [-0.1, -0.05) is 12.1 Å². The van der Waals surface area contributed by atoms with Crippen LogP contribution in [0.15, 0.2) is 24.3 Å². The number of hydrogen-bond acceptors (Lipinski definition) is 4. The Bertz CT molecular complexity index is 969. The number of ether oxygens (including phenoxy) is 1. The number of benzene rings is 1. The van der Waals surface area contributed by atoms with Crippen molar-refractivity contribution in [2.24, 2.45) is 5.92 Å². The van der Waals surface area contributed by atoms with E-state index in [1.54, 1.807) is 0 Å². The smallest absolute Gasteiger partial charge is 0.220 e. The molecule has 0 unspecified atom stereocenters. The summed E-state index contributed by atoms with van der Waals surface area (Å²) in [4.78, 5) is 20.1. The van der Waals surface area contributed by atoms with Crippen LogP contribution >= 0.6 is 0 Å². The predicted molar refractivity (Wildman–Crippen MR) is 105 cm³/mol. The fourth-order valence-corrected chi connectivity index (χ4v) is 3.87. The number of rotatable bonds is 7. The molecule has 2 N–H and O–H groups in total. The first kappa shape index (κ1) is 17.4. The van der Waals surface area contributed by atoms with Gasteiger partial charge in [0, 0.05) is 37.1 Å². The lowest BCUT2D eigenvalue weighted by Crippen LogP contribution is -2.23. The molecule has 1 aliphatic carbocycles. The van der Waals surface area contributed by atoms with Crippen molar-refractivity contribution < 1.29 is 9.53 Å². The van der Waals surface area contributed by atoms with Crippen molar-refractivity contribution in [2.75, 3.05) is 6.61 Å². The van der Waals surface area contributed by atoms with Crippen LogP contribution in [0.1, 0.15) is 42.0 Å². The molecule has 28 heavy (non-hydrogen) atoms. The van der Waals surface area contributed by atoms with Crippen molar-refractivity contribution in [3.05, 3.63) is 47.0 Å². The number of fused-ring (bicyclic) bond motifs is 2. The Kier molecular flexibility index (Phi) is 4.60. The number of carbonyl (C=O) groups is 1. The van der Waals surface area contributed by atoms with Crippen LogP contribution in [0.25, 0.3) is 11.0 Å². The largest absolute Gasteiger partial charge is 0.376 e. The molecular weight excluding hydrogens is 354 g/mol. The summed E-state index contributed by atoms with van der Waals surface area (Å²) in [5.74, 6) is 1.57. The molecule has 7 nitrogen and oxygen atoms in total. The highest BCUT2D eigenvalue weighted by molar-refractivity contribution is 5.77. The van der Waals surface area contributed by atoms with E-state index in [9.17, 15) is 4.79 Å². The molecule has 0 radical (unpaired) electrons. The highest BCUT2D eigenvalue weighted by Gasteiger charge is 2.27. The summed E-state index contributed by atoms with van der Waals surface area (Å²) >= 11 is 0. The molecule has 3 aromatic rings. The Morgan fingerprint density at radius 3 is 3.07 bits per heavy atom. The van der Waals surface area contributed by atoms with Crippen LogP contribution in [0.3, 0.4) is 0 Å². The highest BCUT2D eigenvalue weighted by Crippen LogP contribution is 2.32. The lowest BCUT2D eigenvalue weighted by atomic mass is 10.1. The van der Waals surface area contributed by atoms with Crippen LogP contribution in [0.4, 0.5) is 0 Å². The minimum Gasteiger partial charge on any atom is -0.376 e. The average molecular weight is 379 g/mol. The number of H-pyrrole nitrogens is 1. The van der Waals surface area contributed by atoms with Crippen LogP contribution in [-0.4, -0.2) is 32.3 Å². The zero-order valence-corrected chi connectivity index (χ0v) is 15.9. The molecule has 1 aliphatic heterocycles. The van der Waals surface area contributed by atoms with Crippen LogP contribution in [0, 0.1) is 5.92 Å². The van der Waals surface area contributed by atoms with E-state index in [1.165, 1.54) is 24.1 Å². The second-order valence-corrected chi connectivity index (χ2v) is 7.78. The summed E-state index contributed by atoms with van der Waals surface area (Å²) in [7, 11) is 0. The summed E-state index contributed by atoms with van der Waals surface area (Å²) in [5.41, 5.74) is 5.45. The molecule has 7 heteroatoms. The first-order chi connectivity index (χ1) is 13.8. The standard InChI is InChI=1S/C21H25N5O2/c27-21(22-11-20-23-17-3-1-2-4-18(17)24-20)8-7-16-15-13-28-10-9-19(15)26(25-16)12-14-5-6-14/h1-4,14H,5-13H2,(H,22,27)(H,23,24). The maximum absolute atomic E-state index is 12.3. The van der Waals surface area contributed by atoms with Crippen molar-refractivity contribution >= 4 is 16.9 Å². The topological polar surface area (TPSA) is 84.8 Å². The van der Waals surface area contributed by atoms with Crippen molar-refractivity contribution in [3.8, 4) is 0 Å². The Balaban J connectivity index is 1.19. The van der Waals surface area contributed by atoms with Gasteiger partial charge < -0.3 is 15.0 Å². The molecule has 2 aliphatic rings. The summed E-state index contributed by atoms with van der Waals surface area (Å²) in [6.45, 7) is 2.81. The van der Waals surface area contributed by atoms with Gasteiger partial charge in [0.2, 0.25) is 5.91 Å². The molecule has 146 valence electrons. The molecule has 0 bridgehead atoms. The zero-order valence-electron chi connectivity index (χ0n) is 15.9. The van der Waals surface area contributed by atoms with Gasteiger partial charge in [-0.15, -0.1) is 0 Å². The fourth-order valence-electron chi connectivity index (χ4n) is 3.87. The fraction of sp³-hybridized carbons (Fsp3) is 0.476. The van der Waals surface area contributed by atoms with Crippen LogP contribution in [-0.2, 0) is 42.1 Å². The maximum atomic E-state index is 12.3. The number of amides is 1. The molecule has 5 rings (SSSR count). The Morgan fingerprint density at radius 1 is 1.32 bits per heavy atom. The number of hydrogen-bond donors (Lipinski definition) is 2. The van der Waals surface area contributed by atoms with E-state index in [4.69, 9.17) is 9.84 Å². The van der Waals surface area contributed by atoms with Gasteiger partial charge in [0.15, 0.2) is 0 Å².